The molecule has 0 saturated heterocycles. The van der Waals surface area contributed by atoms with E-state index in [9.17, 15) is 9.90 Å². The molecular weight excluding hydrogens is 355 g/mol. The van der Waals surface area contributed by atoms with Crippen LogP contribution in [-0.2, 0) is 6.42 Å². The van der Waals surface area contributed by atoms with Crippen LogP contribution in [0.4, 0.5) is 5.00 Å². The van der Waals surface area contributed by atoms with Crippen LogP contribution in [0, 0.1) is 6.92 Å². The number of hydrogen-bond donors (Lipinski definition) is 2. The molecule has 0 bridgehead atoms. The molecule has 118 valence electrons. The van der Waals surface area contributed by atoms with Crippen LogP contribution in [0.2, 0.25) is 10.0 Å². The Balaban J connectivity index is 1.96. The molecule has 0 fully saturated rings. The Bertz CT molecular complexity index is 871. The van der Waals surface area contributed by atoms with Crippen molar-refractivity contribution >= 4 is 57.0 Å². The second kappa shape index (κ2) is 6.00. The molecule has 0 spiro atoms. The second-order valence-electron chi connectivity index (χ2n) is 5.13. The number of nitrogens with zero attached hydrogens (tertiary/aromatic N) is 1. The smallest absolute Gasteiger partial charge is 0.346 e. The lowest BCUT2D eigenvalue weighted by atomic mass is 10.1. The van der Waals surface area contributed by atoms with Crippen molar-refractivity contribution < 1.29 is 9.90 Å². The van der Waals surface area contributed by atoms with Gasteiger partial charge in [-0.3, -0.25) is 0 Å². The van der Waals surface area contributed by atoms with Gasteiger partial charge in [-0.15, -0.1) is 11.3 Å². The van der Waals surface area contributed by atoms with Crippen molar-refractivity contribution in [3.05, 3.63) is 56.4 Å². The molecule has 23 heavy (non-hydrogen) atoms. The van der Waals surface area contributed by atoms with Crippen molar-refractivity contribution in [2.24, 2.45) is 4.99 Å². The third kappa shape index (κ3) is 3.00. The Morgan fingerprint density at radius 2 is 2.13 bits per heavy atom. The van der Waals surface area contributed by atoms with E-state index in [1.807, 2.05) is 6.07 Å². The fourth-order valence-electron chi connectivity index (χ4n) is 2.45. The van der Waals surface area contributed by atoms with Crippen molar-refractivity contribution in [3.8, 4) is 0 Å². The molecule has 0 saturated carbocycles. The first-order valence-corrected chi connectivity index (χ1v) is 8.28. The first-order valence-electron chi connectivity index (χ1n) is 6.71. The summed E-state index contributed by atoms with van der Waals surface area (Å²) in [5.41, 5.74) is 3.07. The minimum Gasteiger partial charge on any atom is -0.477 e. The van der Waals surface area contributed by atoms with Gasteiger partial charge in [0.2, 0.25) is 0 Å². The highest BCUT2D eigenvalue weighted by Gasteiger charge is 2.25. The van der Waals surface area contributed by atoms with Crippen LogP contribution in [0.3, 0.4) is 0 Å². The number of fused-ring (bicyclic) bond motifs is 1. The summed E-state index contributed by atoms with van der Waals surface area (Å²) in [6.07, 6.45) is 0.523. The van der Waals surface area contributed by atoms with Crippen LogP contribution < -0.4 is 5.32 Å². The summed E-state index contributed by atoms with van der Waals surface area (Å²) >= 11 is 13.1. The molecule has 1 aromatic heterocycles. The maximum absolute atomic E-state index is 11.3. The monoisotopic (exact) mass is 366 g/mol. The lowest BCUT2D eigenvalue weighted by Gasteiger charge is -2.18. The lowest BCUT2D eigenvalue weighted by molar-refractivity contribution is 0.0701. The summed E-state index contributed by atoms with van der Waals surface area (Å²) in [6.45, 7) is 5.76. The molecule has 2 heterocycles. The van der Waals surface area contributed by atoms with Crippen LogP contribution in [0.25, 0.3) is 5.70 Å². The summed E-state index contributed by atoms with van der Waals surface area (Å²) in [4.78, 5) is 16.1. The third-order valence-corrected chi connectivity index (χ3v) is 5.42. The van der Waals surface area contributed by atoms with Crippen LogP contribution in [0.5, 0.6) is 0 Å². The number of nitrogens with one attached hydrogen (secondary N) is 1. The Hall–Kier alpha value is -1.82. The highest BCUT2D eigenvalue weighted by Crippen LogP contribution is 2.40. The Morgan fingerprint density at radius 3 is 2.78 bits per heavy atom. The van der Waals surface area contributed by atoms with Crippen LogP contribution >= 0.6 is 34.5 Å². The zero-order valence-corrected chi connectivity index (χ0v) is 14.4. The summed E-state index contributed by atoms with van der Waals surface area (Å²) in [5.74, 6) is -0.255. The third-order valence-electron chi connectivity index (χ3n) is 3.51. The topological polar surface area (TPSA) is 61.7 Å². The Kier molecular flexibility index (Phi) is 4.19. The maximum atomic E-state index is 11.3. The lowest BCUT2D eigenvalue weighted by Crippen LogP contribution is -2.26. The molecule has 2 aromatic rings. The second-order valence-corrected chi connectivity index (χ2v) is 6.94. The van der Waals surface area contributed by atoms with E-state index >= 15 is 0 Å². The van der Waals surface area contributed by atoms with Gasteiger partial charge in [-0.25, -0.2) is 9.79 Å². The first kappa shape index (κ1) is 16.1. The standard InChI is InChI=1S/C16H12Cl2N2O2S/c1-7-13-8(2)19-12(20-15(13)23-14(7)16(21)22)6-9-3-4-10(17)11(18)5-9/h3-5H,2,6H2,1H3,(H,19,20)(H,21,22). The first-order chi connectivity index (χ1) is 10.9. The quantitative estimate of drug-likeness (QED) is 0.811. The zero-order chi connectivity index (χ0) is 16.7. The van der Waals surface area contributed by atoms with Crippen LogP contribution in [-0.4, -0.2) is 16.9 Å². The Morgan fingerprint density at radius 1 is 1.39 bits per heavy atom. The SMILES string of the molecule is C=C1NC(Cc2ccc(Cl)c(Cl)c2)=Nc2sc(C(=O)O)c(C)c21. The Labute approximate surface area is 147 Å². The van der Waals surface area contributed by atoms with Gasteiger partial charge in [0, 0.05) is 17.7 Å². The molecule has 3 rings (SSSR count). The van der Waals surface area contributed by atoms with Crippen molar-refractivity contribution in [2.75, 3.05) is 0 Å². The summed E-state index contributed by atoms with van der Waals surface area (Å²) in [5, 5.41) is 14.0. The van der Waals surface area contributed by atoms with Gasteiger partial charge in [-0.1, -0.05) is 35.8 Å². The molecule has 0 aliphatic carbocycles. The molecule has 1 aliphatic rings. The van der Waals surface area contributed by atoms with Crippen molar-refractivity contribution in [3.63, 3.8) is 0 Å². The molecule has 0 unspecified atom stereocenters. The average molecular weight is 367 g/mol. The van der Waals surface area contributed by atoms with Crippen LogP contribution in [0.1, 0.15) is 26.4 Å². The molecular formula is C16H12Cl2N2O2S. The molecule has 2 N–H and O–H groups in total. The van der Waals surface area contributed by atoms with E-state index < -0.39 is 5.97 Å². The van der Waals surface area contributed by atoms with Gasteiger partial charge in [-0.05, 0) is 30.2 Å². The average Bonchev–Trinajstić information content (AvgIpc) is 2.80. The number of aromatic carboxylic acids is 1. The van der Waals surface area contributed by atoms with Gasteiger partial charge in [0.15, 0.2) is 0 Å². The van der Waals surface area contributed by atoms with E-state index in [0.717, 1.165) is 22.5 Å². The highest BCUT2D eigenvalue weighted by molar-refractivity contribution is 7.18. The van der Waals surface area contributed by atoms with Gasteiger partial charge in [-0.2, -0.15) is 0 Å². The number of halogens is 2. The van der Waals surface area contributed by atoms with Gasteiger partial charge in [0.25, 0.3) is 0 Å². The molecule has 0 radical (unpaired) electrons. The number of carboxylic acids is 1. The number of hydrogen-bond acceptors (Lipinski definition) is 4. The summed E-state index contributed by atoms with van der Waals surface area (Å²) < 4.78 is 0. The number of rotatable bonds is 3. The fourth-order valence-corrected chi connectivity index (χ4v) is 3.84. The van der Waals surface area contributed by atoms with Crippen molar-refractivity contribution in [1.29, 1.82) is 0 Å². The van der Waals surface area contributed by atoms with Gasteiger partial charge < -0.3 is 10.4 Å². The van der Waals surface area contributed by atoms with E-state index in [1.54, 1.807) is 19.1 Å². The number of aliphatic imine (C=N–C) groups is 1. The van der Waals surface area contributed by atoms with Gasteiger partial charge in [0.1, 0.15) is 15.7 Å². The van der Waals surface area contributed by atoms with Gasteiger partial charge >= 0.3 is 5.97 Å². The molecule has 7 heteroatoms. The predicted octanol–water partition coefficient (Wildman–Crippen LogP) is 4.91. The largest absolute Gasteiger partial charge is 0.477 e. The van der Waals surface area contributed by atoms with E-state index in [1.165, 1.54) is 0 Å². The molecule has 1 aromatic carbocycles. The number of carbonyl (C=O) groups is 1. The van der Waals surface area contributed by atoms with Crippen molar-refractivity contribution in [2.45, 2.75) is 13.3 Å². The van der Waals surface area contributed by atoms with E-state index in [0.29, 0.717) is 38.6 Å². The minimum absolute atomic E-state index is 0.289. The zero-order valence-electron chi connectivity index (χ0n) is 12.1. The van der Waals surface area contributed by atoms with E-state index in [4.69, 9.17) is 23.2 Å². The molecule has 4 nitrogen and oxygen atoms in total. The fraction of sp³-hybridized carbons (Fsp3) is 0.125. The molecule has 1 aliphatic heterocycles. The predicted molar refractivity (Wildman–Crippen MR) is 95.4 cm³/mol. The number of amidine groups is 1. The molecule has 0 amide bonds. The number of carboxylic acid groups (broad SMARTS) is 1. The normalized spacial score (nSPS) is 13.3. The van der Waals surface area contributed by atoms with E-state index in [-0.39, 0.29) is 4.88 Å². The number of benzene rings is 1. The van der Waals surface area contributed by atoms with E-state index in [2.05, 4.69) is 16.9 Å². The maximum Gasteiger partial charge on any atom is 0.346 e. The summed E-state index contributed by atoms with van der Waals surface area (Å²) in [7, 11) is 0. The highest BCUT2D eigenvalue weighted by atomic mass is 35.5. The minimum atomic E-state index is -0.948. The van der Waals surface area contributed by atoms with Gasteiger partial charge in [0.05, 0.1) is 10.0 Å². The van der Waals surface area contributed by atoms with Crippen LogP contribution in [0.15, 0.2) is 29.8 Å². The number of thiophene rings is 1. The van der Waals surface area contributed by atoms with Crippen molar-refractivity contribution in [1.82, 2.24) is 5.32 Å². The molecule has 0 atom stereocenters. The summed E-state index contributed by atoms with van der Waals surface area (Å²) in [6, 6.07) is 5.40.